The van der Waals surface area contributed by atoms with Gasteiger partial charge in [0.05, 0.1) is 38.0 Å². The summed E-state index contributed by atoms with van der Waals surface area (Å²) in [6, 6.07) is 0. The summed E-state index contributed by atoms with van der Waals surface area (Å²) in [6.45, 7) is 4.77. The fourth-order valence-electron chi connectivity index (χ4n) is 4.16. The van der Waals surface area contributed by atoms with Crippen molar-refractivity contribution in [2.45, 2.75) is 108 Å². The first-order valence-electron chi connectivity index (χ1n) is 11.2. The van der Waals surface area contributed by atoms with Crippen molar-refractivity contribution in [3.8, 4) is 0 Å². The van der Waals surface area contributed by atoms with Crippen molar-refractivity contribution in [1.29, 1.82) is 0 Å². The van der Waals surface area contributed by atoms with Crippen LogP contribution in [-0.2, 0) is 10.1 Å². The lowest BCUT2D eigenvalue weighted by Gasteiger charge is -2.40. The van der Waals surface area contributed by atoms with Gasteiger partial charge in [-0.3, -0.25) is 4.55 Å². The molecular weight excluding hydrogens is 362 g/mol. The van der Waals surface area contributed by atoms with Crippen molar-refractivity contribution in [3.63, 3.8) is 0 Å². The van der Waals surface area contributed by atoms with Gasteiger partial charge >= 0.3 is 0 Å². The molecule has 1 unspecified atom stereocenters. The highest BCUT2D eigenvalue weighted by Gasteiger charge is 2.32. The summed E-state index contributed by atoms with van der Waals surface area (Å²) in [5.74, 6) is 0. The van der Waals surface area contributed by atoms with E-state index >= 15 is 0 Å². The lowest BCUT2D eigenvalue weighted by molar-refractivity contribution is -0.915. The van der Waals surface area contributed by atoms with Gasteiger partial charge in [-0.2, -0.15) is 8.42 Å². The quantitative estimate of drug-likeness (QED) is 0.238. The molecule has 6 heteroatoms. The molecule has 1 saturated heterocycles. The van der Waals surface area contributed by atoms with E-state index in [-0.39, 0.29) is 6.10 Å². The zero-order valence-electron chi connectivity index (χ0n) is 17.7. The molecule has 1 atom stereocenters. The van der Waals surface area contributed by atoms with Crippen LogP contribution in [0.1, 0.15) is 96.8 Å². The smallest absolute Gasteiger partial charge is 0.267 e. The van der Waals surface area contributed by atoms with E-state index < -0.39 is 15.4 Å². The molecule has 1 heterocycles. The second kappa shape index (κ2) is 13.1. The number of quaternary nitrogens is 1. The van der Waals surface area contributed by atoms with Gasteiger partial charge in [0, 0.05) is 19.3 Å². The number of hydrogen-bond donors (Lipinski definition) is 2. The number of piperidine rings is 1. The Balaban J connectivity index is 2.20. The van der Waals surface area contributed by atoms with E-state index in [0.717, 1.165) is 56.2 Å². The minimum atomic E-state index is -3.97. The van der Waals surface area contributed by atoms with Gasteiger partial charge in [0.25, 0.3) is 10.1 Å². The fourth-order valence-corrected chi connectivity index (χ4v) is 5.03. The number of hydrogen-bond acceptors (Lipinski definition) is 3. The van der Waals surface area contributed by atoms with Crippen molar-refractivity contribution in [2.24, 2.45) is 0 Å². The zero-order chi connectivity index (χ0) is 20.2. The monoisotopic (exact) mass is 406 g/mol. The first-order chi connectivity index (χ1) is 12.8. The molecule has 0 spiro atoms. The Morgan fingerprint density at radius 2 is 1.37 bits per heavy atom. The van der Waals surface area contributed by atoms with Crippen LogP contribution in [0.2, 0.25) is 0 Å². The van der Waals surface area contributed by atoms with Crippen LogP contribution in [-0.4, -0.2) is 60.6 Å². The van der Waals surface area contributed by atoms with E-state index in [0.29, 0.717) is 12.8 Å². The molecule has 0 radical (unpaired) electrons. The van der Waals surface area contributed by atoms with Crippen LogP contribution in [0, 0.1) is 0 Å². The first kappa shape index (κ1) is 24.9. The molecule has 0 saturated carbocycles. The van der Waals surface area contributed by atoms with Crippen molar-refractivity contribution in [3.05, 3.63) is 0 Å². The van der Waals surface area contributed by atoms with Gasteiger partial charge in [-0.1, -0.05) is 71.1 Å². The molecule has 0 amide bonds. The summed E-state index contributed by atoms with van der Waals surface area (Å²) in [4.78, 5) is 0. The van der Waals surface area contributed by atoms with Crippen LogP contribution in [0.3, 0.4) is 0 Å². The van der Waals surface area contributed by atoms with Gasteiger partial charge in [-0.05, 0) is 6.42 Å². The number of aliphatic hydroxyl groups is 1. The lowest BCUT2D eigenvalue weighted by Crippen LogP contribution is -2.52. The van der Waals surface area contributed by atoms with Crippen LogP contribution in [0.5, 0.6) is 0 Å². The van der Waals surface area contributed by atoms with Crippen LogP contribution in [0.25, 0.3) is 0 Å². The maximum atomic E-state index is 11.8. The molecule has 1 rings (SSSR count). The van der Waals surface area contributed by atoms with E-state index in [9.17, 15) is 18.1 Å². The SMILES string of the molecule is CCCCCCCCCCCCC(CC[N+]1(C)CCC(O)CC1)S(=O)(=O)O. The van der Waals surface area contributed by atoms with Crippen molar-refractivity contribution in [1.82, 2.24) is 0 Å². The summed E-state index contributed by atoms with van der Waals surface area (Å²) in [6.07, 6.45) is 14.7. The molecule has 2 N–H and O–H groups in total. The third-order valence-electron chi connectivity index (χ3n) is 6.30. The third kappa shape index (κ3) is 11.4. The average molecular weight is 407 g/mol. The van der Waals surface area contributed by atoms with Gasteiger partial charge in [0.1, 0.15) is 0 Å². The lowest BCUT2D eigenvalue weighted by atomic mass is 10.0. The Morgan fingerprint density at radius 3 is 1.85 bits per heavy atom. The van der Waals surface area contributed by atoms with E-state index in [4.69, 9.17) is 0 Å². The van der Waals surface area contributed by atoms with Crippen LogP contribution in [0.4, 0.5) is 0 Å². The third-order valence-corrected chi connectivity index (χ3v) is 7.61. The molecule has 0 bridgehead atoms. The van der Waals surface area contributed by atoms with Gasteiger partial charge in [0.15, 0.2) is 0 Å². The van der Waals surface area contributed by atoms with Crippen LogP contribution in [0.15, 0.2) is 0 Å². The highest BCUT2D eigenvalue weighted by Crippen LogP contribution is 2.21. The van der Waals surface area contributed by atoms with Gasteiger partial charge in [-0.25, -0.2) is 0 Å². The average Bonchev–Trinajstić information content (AvgIpc) is 2.61. The van der Waals surface area contributed by atoms with E-state index in [1.54, 1.807) is 0 Å². The summed E-state index contributed by atoms with van der Waals surface area (Å²) < 4.78 is 33.9. The van der Waals surface area contributed by atoms with Gasteiger partial charge in [-0.15, -0.1) is 0 Å². The van der Waals surface area contributed by atoms with E-state index in [1.807, 2.05) is 0 Å². The molecular formula is C21H44NO4S+. The number of rotatable bonds is 15. The Bertz CT molecular complexity index is 473. The normalized spacial score (nSPS) is 24.8. The predicted octanol–water partition coefficient (Wildman–Crippen LogP) is 4.55. The Labute approximate surface area is 167 Å². The molecule has 0 aromatic heterocycles. The molecule has 0 aromatic rings. The first-order valence-corrected chi connectivity index (χ1v) is 12.7. The fraction of sp³-hybridized carbons (Fsp3) is 1.00. The van der Waals surface area contributed by atoms with Crippen molar-refractivity contribution < 1.29 is 22.6 Å². The van der Waals surface area contributed by atoms with Gasteiger partial charge in [0.2, 0.25) is 0 Å². The van der Waals surface area contributed by atoms with Crippen LogP contribution >= 0.6 is 0 Å². The Hall–Kier alpha value is -0.170. The second-order valence-electron chi connectivity index (χ2n) is 8.92. The molecule has 1 aliphatic rings. The molecule has 0 aromatic carbocycles. The number of likely N-dealkylation sites (tertiary alicyclic amines) is 1. The summed E-state index contributed by atoms with van der Waals surface area (Å²) >= 11 is 0. The highest BCUT2D eigenvalue weighted by atomic mass is 32.2. The zero-order valence-corrected chi connectivity index (χ0v) is 18.6. The second-order valence-corrected chi connectivity index (χ2v) is 10.6. The largest absolute Gasteiger partial charge is 0.393 e. The predicted molar refractivity (Wildman–Crippen MR) is 112 cm³/mol. The molecule has 1 fully saturated rings. The molecule has 5 nitrogen and oxygen atoms in total. The molecule has 1 aliphatic heterocycles. The van der Waals surface area contributed by atoms with Crippen molar-refractivity contribution >= 4 is 10.1 Å². The highest BCUT2D eigenvalue weighted by molar-refractivity contribution is 7.86. The van der Waals surface area contributed by atoms with E-state index in [2.05, 4.69) is 14.0 Å². The number of unbranched alkanes of at least 4 members (excludes halogenated alkanes) is 9. The van der Waals surface area contributed by atoms with Gasteiger partial charge < -0.3 is 9.59 Å². The number of aliphatic hydroxyl groups excluding tert-OH is 1. The van der Waals surface area contributed by atoms with Crippen molar-refractivity contribution in [2.75, 3.05) is 26.7 Å². The minimum absolute atomic E-state index is 0.208. The molecule has 27 heavy (non-hydrogen) atoms. The van der Waals surface area contributed by atoms with E-state index in [1.165, 1.54) is 44.9 Å². The maximum Gasteiger partial charge on any atom is 0.267 e. The summed E-state index contributed by atoms with van der Waals surface area (Å²) in [5, 5.41) is 9.03. The minimum Gasteiger partial charge on any atom is -0.393 e. The maximum absolute atomic E-state index is 11.8. The Morgan fingerprint density at radius 1 is 0.889 bits per heavy atom. The molecule has 162 valence electrons. The molecule has 0 aliphatic carbocycles. The Kier molecular flexibility index (Phi) is 12.1. The standard InChI is InChI=1S/C21H43NO4S/c1-3-4-5-6-7-8-9-10-11-12-13-21(27(24,25)26)16-19-22(2)17-14-20(23)15-18-22/h20-21,23H,3-19H2,1-2H3/p+1. The summed E-state index contributed by atoms with van der Waals surface area (Å²) in [5.41, 5.74) is 0. The summed E-state index contributed by atoms with van der Waals surface area (Å²) in [7, 11) is -1.84. The number of nitrogens with zero attached hydrogens (tertiary/aromatic N) is 1. The topological polar surface area (TPSA) is 74.6 Å². The van der Waals surface area contributed by atoms with Crippen LogP contribution < -0.4 is 0 Å².